The molecule has 6 heteroatoms. The fourth-order valence-corrected chi connectivity index (χ4v) is 1.99. The average molecular weight is 426 g/mol. The molecular formula is C18H20BF4Rh. The molecule has 0 spiro atoms. The Balaban J connectivity index is 0.000000344. The molecule has 0 saturated carbocycles. The zero-order valence-electron chi connectivity index (χ0n) is 13.2. The van der Waals surface area contributed by atoms with Crippen LogP contribution in [0.3, 0.4) is 0 Å². The van der Waals surface area contributed by atoms with Gasteiger partial charge in [-0.25, -0.2) is 0 Å². The molecule has 1 aliphatic rings. The molecule has 0 radical (unpaired) electrons. The van der Waals surface area contributed by atoms with Crippen LogP contribution in [0.5, 0.6) is 0 Å². The van der Waals surface area contributed by atoms with E-state index < -0.39 is 7.25 Å². The first kappa shape index (κ1) is 22.6. The van der Waals surface area contributed by atoms with Crippen LogP contribution in [0.15, 0.2) is 72.8 Å². The standard InChI is InChI=1S/C10H8.C8H12.BF4.Rh/c1-2-6-10-8-4-3-7-9(10)5-1;1-2-4-6-8-7-5-3-1;2-1(3,4)5;/h1-8H;1-2,7-8H,3-6H2;;/q;;-1;+1/b;2-1-,8-7-;;. The van der Waals surface area contributed by atoms with E-state index in [4.69, 9.17) is 0 Å². The largest absolute Gasteiger partial charge is 1.00 e. The van der Waals surface area contributed by atoms with Gasteiger partial charge in [-0.1, -0.05) is 72.8 Å². The van der Waals surface area contributed by atoms with Crippen molar-refractivity contribution in [2.75, 3.05) is 0 Å². The minimum atomic E-state index is -6.00. The van der Waals surface area contributed by atoms with Gasteiger partial charge in [0.05, 0.1) is 0 Å². The summed E-state index contributed by atoms with van der Waals surface area (Å²) in [5, 5.41) is 2.62. The Morgan fingerprint density at radius 1 is 0.542 bits per heavy atom. The smallest absolute Gasteiger partial charge is 0.418 e. The van der Waals surface area contributed by atoms with E-state index in [0.717, 1.165) is 0 Å². The van der Waals surface area contributed by atoms with Crippen molar-refractivity contribution in [2.45, 2.75) is 25.7 Å². The van der Waals surface area contributed by atoms with E-state index in [-0.39, 0.29) is 19.5 Å². The van der Waals surface area contributed by atoms with Crippen molar-refractivity contribution in [1.29, 1.82) is 0 Å². The van der Waals surface area contributed by atoms with Gasteiger partial charge in [0.2, 0.25) is 0 Å². The van der Waals surface area contributed by atoms with Crippen LogP contribution in [0.1, 0.15) is 25.7 Å². The van der Waals surface area contributed by atoms with Crippen molar-refractivity contribution >= 4 is 18.0 Å². The Kier molecular flexibility index (Phi) is 12.2. The normalized spacial score (nSPS) is 16.0. The average Bonchev–Trinajstić information content (AvgIpc) is 2.46. The molecule has 0 N–H and O–H groups in total. The maximum absolute atomic E-state index is 9.75. The van der Waals surface area contributed by atoms with Crippen LogP contribution in [0, 0.1) is 0 Å². The molecule has 0 heterocycles. The Bertz CT molecular complexity index is 526. The van der Waals surface area contributed by atoms with Gasteiger partial charge >= 0.3 is 26.7 Å². The molecule has 0 fully saturated rings. The molecule has 2 aromatic rings. The first-order chi connectivity index (χ1) is 11.0. The van der Waals surface area contributed by atoms with Gasteiger partial charge in [0.1, 0.15) is 0 Å². The van der Waals surface area contributed by atoms with Crippen molar-refractivity contribution in [2.24, 2.45) is 0 Å². The molecular weight excluding hydrogens is 406 g/mol. The predicted octanol–water partition coefficient (Wildman–Crippen LogP) is 6.81. The summed E-state index contributed by atoms with van der Waals surface area (Å²) >= 11 is 0. The maximum Gasteiger partial charge on any atom is 1.00 e. The number of hydrogen-bond acceptors (Lipinski definition) is 0. The molecule has 132 valence electrons. The van der Waals surface area contributed by atoms with Gasteiger partial charge in [0.15, 0.2) is 0 Å². The van der Waals surface area contributed by atoms with Gasteiger partial charge in [-0.05, 0) is 36.5 Å². The van der Waals surface area contributed by atoms with Crippen molar-refractivity contribution in [1.82, 2.24) is 0 Å². The van der Waals surface area contributed by atoms with Gasteiger partial charge in [0, 0.05) is 0 Å². The second-order valence-corrected chi connectivity index (χ2v) is 4.94. The predicted molar refractivity (Wildman–Crippen MR) is 90.9 cm³/mol. The van der Waals surface area contributed by atoms with Crippen LogP contribution in [0.25, 0.3) is 10.8 Å². The summed E-state index contributed by atoms with van der Waals surface area (Å²) in [4.78, 5) is 0. The molecule has 0 aromatic heterocycles. The molecule has 3 rings (SSSR count). The molecule has 0 unspecified atom stereocenters. The Labute approximate surface area is 153 Å². The van der Waals surface area contributed by atoms with E-state index in [0.29, 0.717) is 0 Å². The van der Waals surface area contributed by atoms with Crippen LogP contribution >= 0.6 is 0 Å². The third-order valence-corrected chi connectivity index (χ3v) is 2.99. The zero-order chi connectivity index (χ0) is 17.0. The van der Waals surface area contributed by atoms with E-state index >= 15 is 0 Å². The summed E-state index contributed by atoms with van der Waals surface area (Å²) in [6.07, 6.45) is 14.0. The Hall–Kier alpha value is -1.41. The van der Waals surface area contributed by atoms with Crippen LogP contribution in [0.4, 0.5) is 17.3 Å². The molecule has 0 nitrogen and oxygen atoms in total. The van der Waals surface area contributed by atoms with E-state index in [1.165, 1.54) is 36.5 Å². The van der Waals surface area contributed by atoms with Crippen molar-refractivity contribution in [3.63, 3.8) is 0 Å². The van der Waals surface area contributed by atoms with E-state index in [9.17, 15) is 17.3 Å². The topological polar surface area (TPSA) is 0 Å². The molecule has 2 aromatic carbocycles. The van der Waals surface area contributed by atoms with E-state index in [1.807, 2.05) is 0 Å². The minimum absolute atomic E-state index is 0. The monoisotopic (exact) mass is 426 g/mol. The van der Waals surface area contributed by atoms with Gasteiger partial charge in [-0.3, -0.25) is 0 Å². The molecule has 24 heavy (non-hydrogen) atoms. The number of hydrogen-bond donors (Lipinski definition) is 0. The maximum atomic E-state index is 9.75. The fourth-order valence-electron chi connectivity index (χ4n) is 1.99. The Morgan fingerprint density at radius 3 is 0.958 bits per heavy atom. The third kappa shape index (κ3) is 13.1. The number of allylic oxidation sites excluding steroid dienone is 4. The molecule has 0 amide bonds. The summed E-state index contributed by atoms with van der Waals surface area (Å²) in [6, 6.07) is 16.7. The van der Waals surface area contributed by atoms with Gasteiger partial charge in [-0.2, -0.15) is 0 Å². The summed E-state index contributed by atoms with van der Waals surface area (Å²) in [6.45, 7) is 0. The number of rotatable bonds is 0. The summed E-state index contributed by atoms with van der Waals surface area (Å²) in [5.74, 6) is 0. The second-order valence-electron chi connectivity index (χ2n) is 4.94. The van der Waals surface area contributed by atoms with E-state index in [1.54, 1.807) is 0 Å². The SMILES string of the molecule is C1=C\CC/C=C\CC/1.F[B-](F)(F)F.[Rh+].c1ccc2ccccc2c1. The third-order valence-electron chi connectivity index (χ3n) is 2.99. The first-order valence-electron chi connectivity index (χ1n) is 7.58. The molecule has 0 saturated heterocycles. The molecule has 1 aliphatic carbocycles. The van der Waals surface area contributed by atoms with Crippen LogP contribution < -0.4 is 0 Å². The van der Waals surface area contributed by atoms with Crippen molar-refractivity contribution in [3.05, 3.63) is 72.8 Å². The second kappa shape index (κ2) is 12.9. The van der Waals surface area contributed by atoms with Crippen LogP contribution in [-0.4, -0.2) is 7.25 Å². The molecule has 0 bridgehead atoms. The summed E-state index contributed by atoms with van der Waals surface area (Å²) in [5.41, 5.74) is 0. The van der Waals surface area contributed by atoms with Crippen LogP contribution in [0.2, 0.25) is 0 Å². The van der Waals surface area contributed by atoms with Crippen molar-refractivity contribution in [3.8, 4) is 0 Å². The molecule has 0 aliphatic heterocycles. The number of halogens is 4. The number of benzene rings is 2. The summed E-state index contributed by atoms with van der Waals surface area (Å²) in [7, 11) is -6.00. The van der Waals surface area contributed by atoms with Crippen molar-refractivity contribution < 1.29 is 36.7 Å². The minimum Gasteiger partial charge on any atom is -0.418 e. The number of fused-ring (bicyclic) bond motifs is 1. The van der Waals surface area contributed by atoms with Gasteiger partial charge in [-0.15, -0.1) is 0 Å². The fraction of sp³-hybridized carbons (Fsp3) is 0.222. The van der Waals surface area contributed by atoms with Gasteiger partial charge < -0.3 is 17.3 Å². The first-order valence-corrected chi connectivity index (χ1v) is 7.58. The molecule has 0 atom stereocenters. The van der Waals surface area contributed by atoms with Gasteiger partial charge in [0.25, 0.3) is 0 Å². The Morgan fingerprint density at radius 2 is 0.750 bits per heavy atom. The quantitative estimate of drug-likeness (QED) is 0.247. The zero-order valence-corrected chi connectivity index (χ0v) is 14.8. The van der Waals surface area contributed by atoms with E-state index in [2.05, 4.69) is 72.8 Å². The van der Waals surface area contributed by atoms with Crippen LogP contribution in [-0.2, 0) is 19.5 Å². The summed E-state index contributed by atoms with van der Waals surface area (Å²) < 4.78 is 39.0.